The number of carbonyl (C=O) groups excluding carboxylic acids is 1. The highest BCUT2D eigenvalue weighted by Crippen LogP contribution is 2.23. The summed E-state index contributed by atoms with van der Waals surface area (Å²) >= 11 is 0. The van der Waals surface area contributed by atoms with Gasteiger partial charge in [-0.2, -0.15) is 0 Å². The van der Waals surface area contributed by atoms with E-state index in [4.69, 9.17) is 0 Å². The van der Waals surface area contributed by atoms with Gasteiger partial charge in [-0.05, 0) is 56.7 Å². The number of nitrogens with zero attached hydrogens (tertiary/aromatic N) is 3. The Balaban J connectivity index is 1.76. The molecule has 0 aliphatic heterocycles. The highest BCUT2D eigenvalue weighted by Gasteiger charge is 2.19. The summed E-state index contributed by atoms with van der Waals surface area (Å²) in [4.78, 5) is 17.4. The SMILES string of the molecule is Cc1ccc(NC(=O)c2nc(-c3cccc(C)c3)n(-c3cccc(C)c3)n2)cc1. The highest BCUT2D eigenvalue weighted by atomic mass is 16.2. The molecule has 4 aromatic rings. The summed E-state index contributed by atoms with van der Waals surface area (Å²) in [5.41, 5.74) is 5.85. The molecule has 1 amide bonds. The van der Waals surface area contributed by atoms with Crippen molar-refractivity contribution in [1.82, 2.24) is 14.8 Å². The number of anilines is 1. The Labute approximate surface area is 170 Å². The van der Waals surface area contributed by atoms with E-state index in [0.29, 0.717) is 11.5 Å². The van der Waals surface area contributed by atoms with E-state index in [2.05, 4.69) is 15.4 Å². The number of rotatable bonds is 4. The predicted octanol–water partition coefficient (Wildman–Crippen LogP) is 5.11. The number of aromatic nitrogens is 3. The molecule has 0 fully saturated rings. The molecule has 0 spiro atoms. The van der Waals surface area contributed by atoms with Gasteiger partial charge in [-0.1, -0.05) is 53.6 Å². The van der Waals surface area contributed by atoms with Crippen LogP contribution in [0.1, 0.15) is 27.3 Å². The van der Waals surface area contributed by atoms with Crippen LogP contribution in [0.25, 0.3) is 17.1 Å². The second-order valence-electron chi connectivity index (χ2n) is 7.20. The first-order valence-electron chi connectivity index (χ1n) is 9.49. The Morgan fingerprint density at radius 3 is 2.21 bits per heavy atom. The van der Waals surface area contributed by atoms with Crippen molar-refractivity contribution in [2.75, 3.05) is 5.32 Å². The van der Waals surface area contributed by atoms with E-state index in [0.717, 1.165) is 27.9 Å². The second kappa shape index (κ2) is 7.72. The van der Waals surface area contributed by atoms with Gasteiger partial charge in [0.1, 0.15) is 0 Å². The largest absolute Gasteiger partial charge is 0.319 e. The van der Waals surface area contributed by atoms with Crippen molar-refractivity contribution in [1.29, 1.82) is 0 Å². The topological polar surface area (TPSA) is 59.8 Å². The van der Waals surface area contributed by atoms with Crippen LogP contribution < -0.4 is 5.32 Å². The first-order valence-corrected chi connectivity index (χ1v) is 9.49. The molecular weight excluding hydrogens is 360 g/mol. The van der Waals surface area contributed by atoms with Crippen LogP contribution in [-0.2, 0) is 0 Å². The van der Waals surface area contributed by atoms with Gasteiger partial charge in [0.25, 0.3) is 5.91 Å². The predicted molar refractivity (Wildman–Crippen MR) is 115 cm³/mol. The molecule has 0 aliphatic carbocycles. The van der Waals surface area contributed by atoms with Crippen LogP contribution in [-0.4, -0.2) is 20.7 Å². The van der Waals surface area contributed by atoms with Gasteiger partial charge < -0.3 is 5.32 Å². The van der Waals surface area contributed by atoms with E-state index in [1.165, 1.54) is 0 Å². The van der Waals surface area contributed by atoms with Crippen molar-refractivity contribution in [2.45, 2.75) is 20.8 Å². The van der Waals surface area contributed by atoms with Gasteiger partial charge >= 0.3 is 0 Å². The molecule has 0 radical (unpaired) electrons. The molecule has 3 aromatic carbocycles. The smallest absolute Gasteiger partial charge is 0.295 e. The van der Waals surface area contributed by atoms with Crippen LogP contribution in [0.15, 0.2) is 72.8 Å². The lowest BCUT2D eigenvalue weighted by atomic mass is 10.1. The lowest BCUT2D eigenvalue weighted by molar-refractivity contribution is 0.101. The molecule has 144 valence electrons. The van der Waals surface area contributed by atoms with E-state index >= 15 is 0 Å². The lowest BCUT2D eigenvalue weighted by Crippen LogP contribution is -2.14. The number of benzene rings is 3. The molecule has 0 bridgehead atoms. The minimum absolute atomic E-state index is 0.128. The van der Waals surface area contributed by atoms with Gasteiger partial charge in [-0.15, -0.1) is 5.10 Å². The van der Waals surface area contributed by atoms with E-state index in [1.807, 2.05) is 93.6 Å². The molecule has 1 N–H and O–H groups in total. The molecule has 0 unspecified atom stereocenters. The van der Waals surface area contributed by atoms with Crippen molar-refractivity contribution in [3.05, 3.63) is 95.3 Å². The van der Waals surface area contributed by atoms with Crippen LogP contribution in [0.4, 0.5) is 5.69 Å². The van der Waals surface area contributed by atoms with Gasteiger partial charge in [0, 0.05) is 11.3 Å². The average molecular weight is 382 g/mol. The molecule has 1 heterocycles. The van der Waals surface area contributed by atoms with E-state index < -0.39 is 0 Å². The third-order valence-corrected chi connectivity index (χ3v) is 4.64. The number of hydrogen-bond donors (Lipinski definition) is 1. The zero-order valence-electron chi connectivity index (χ0n) is 16.7. The summed E-state index contributed by atoms with van der Waals surface area (Å²) in [5, 5.41) is 7.41. The Kier molecular flexibility index (Phi) is 4.96. The Hall–Kier alpha value is -3.73. The molecule has 4 rings (SSSR count). The van der Waals surface area contributed by atoms with Crippen LogP contribution in [0.3, 0.4) is 0 Å². The first-order chi connectivity index (χ1) is 14.0. The van der Waals surface area contributed by atoms with E-state index in [9.17, 15) is 4.79 Å². The van der Waals surface area contributed by atoms with Gasteiger partial charge in [0.05, 0.1) is 5.69 Å². The Morgan fingerprint density at radius 1 is 0.828 bits per heavy atom. The fourth-order valence-electron chi connectivity index (χ4n) is 3.14. The number of nitrogens with one attached hydrogen (secondary N) is 1. The van der Waals surface area contributed by atoms with Gasteiger partial charge in [0.15, 0.2) is 5.82 Å². The molecule has 5 heteroatoms. The average Bonchev–Trinajstić information content (AvgIpc) is 3.15. The second-order valence-corrected chi connectivity index (χ2v) is 7.20. The normalized spacial score (nSPS) is 10.7. The maximum Gasteiger partial charge on any atom is 0.295 e. The first kappa shape index (κ1) is 18.6. The zero-order valence-corrected chi connectivity index (χ0v) is 16.7. The van der Waals surface area contributed by atoms with Crippen LogP contribution >= 0.6 is 0 Å². The molecule has 0 aliphatic rings. The molecule has 1 aromatic heterocycles. The molecule has 0 saturated carbocycles. The maximum absolute atomic E-state index is 12.8. The number of hydrogen-bond acceptors (Lipinski definition) is 3. The minimum Gasteiger partial charge on any atom is -0.319 e. The fraction of sp³-hybridized carbons (Fsp3) is 0.125. The highest BCUT2D eigenvalue weighted by molar-refractivity contribution is 6.01. The van der Waals surface area contributed by atoms with E-state index in [-0.39, 0.29) is 11.7 Å². The number of carbonyl (C=O) groups is 1. The van der Waals surface area contributed by atoms with Crippen molar-refractivity contribution in [2.24, 2.45) is 0 Å². The maximum atomic E-state index is 12.8. The summed E-state index contributed by atoms with van der Waals surface area (Å²) in [6.07, 6.45) is 0. The van der Waals surface area contributed by atoms with Crippen LogP contribution in [0.2, 0.25) is 0 Å². The number of aryl methyl sites for hydroxylation is 3. The fourth-order valence-corrected chi connectivity index (χ4v) is 3.14. The monoisotopic (exact) mass is 382 g/mol. The van der Waals surface area contributed by atoms with Crippen molar-refractivity contribution >= 4 is 11.6 Å². The summed E-state index contributed by atoms with van der Waals surface area (Å²) in [6, 6.07) is 23.6. The molecule has 5 nitrogen and oxygen atoms in total. The summed E-state index contributed by atoms with van der Waals surface area (Å²) < 4.78 is 1.73. The van der Waals surface area contributed by atoms with Gasteiger partial charge in [0.2, 0.25) is 5.82 Å². The third kappa shape index (κ3) is 4.09. The van der Waals surface area contributed by atoms with Crippen molar-refractivity contribution in [3.8, 4) is 17.1 Å². The summed E-state index contributed by atoms with van der Waals surface area (Å²) in [7, 11) is 0. The third-order valence-electron chi connectivity index (χ3n) is 4.64. The summed E-state index contributed by atoms with van der Waals surface area (Å²) in [6.45, 7) is 6.06. The van der Waals surface area contributed by atoms with Crippen LogP contribution in [0, 0.1) is 20.8 Å². The lowest BCUT2D eigenvalue weighted by Gasteiger charge is -2.07. The molecule has 29 heavy (non-hydrogen) atoms. The Bertz CT molecular complexity index is 1110. The molecular formula is C24H22N4O. The van der Waals surface area contributed by atoms with E-state index in [1.54, 1.807) is 4.68 Å². The zero-order chi connectivity index (χ0) is 20.4. The molecule has 0 saturated heterocycles. The number of amides is 1. The minimum atomic E-state index is -0.339. The summed E-state index contributed by atoms with van der Waals surface area (Å²) in [5.74, 6) is 0.422. The van der Waals surface area contributed by atoms with Crippen LogP contribution in [0.5, 0.6) is 0 Å². The van der Waals surface area contributed by atoms with Gasteiger partial charge in [-0.25, -0.2) is 9.67 Å². The van der Waals surface area contributed by atoms with Gasteiger partial charge in [-0.3, -0.25) is 4.79 Å². The molecule has 0 atom stereocenters. The standard InChI is InChI=1S/C24H22N4O/c1-16-10-12-20(13-11-16)25-24(29)22-26-23(19-8-4-6-17(2)14-19)28(27-22)21-9-5-7-18(3)15-21/h4-15H,1-3H3,(H,25,29). The van der Waals surface area contributed by atoms with Crippen molar-refractivity contribution in [3.63, 3.8) is 0 Å². The van der Waals surface area contributed by atoms with Crippen molar-refractivity contribution < 1.29 is 4.79 Å². The quantitative estimate of drug-likeness (QED) is 0.533. The Morgan fingerprint density at radius 2 is 1.52 bits per heavy atom.